The molecule has 0 saturated carbocycles. The summed E-state index contributed by atoms with van der Waals surface area (Å²) in [5.74, 6) is 0.664. The van der Waals surface area contributed by atoms with Crippen LogP contribution in [0.15, 0.2) is 21.5 Å². The van der Waals surface area contributed by atoms with Crippen LogP contribution in [0.25, 0.3) is 0 Å². The van der Waals surface area contributed by atoms with Crippen molar-refractivity contribution in [3.05, 3.63) is 49.3 Å². The Morgan fingerprint density at radius 1 is 1.53 bits per heavy atom. The van der Waals surface area contributed by atoms with Gasteiger partial charge in [-0.05, 0) is 42.5 Å². The Morgan fingerprint density at radius 3 is 2.82 bits per heavy atom. The summed E-state index contributed by atoms with van der Waals surface area (Å²) in [4.78, 5) is 15.9. The number of hydrogen-bond acceptors (Lipinski definition) is 3. The lowest BCUT2D eigenvalue weighted by Crippen LogP contribution is -2.23. The summed E-state index contributed by atoms with van der Waals surface area (Å²) in [6, 6.07) is 1.20. The van der Waals surface area contributed by atoms with Crippen molar-refractivity contribution < 1.29 is 8.81 Å². The standard InChI is InChI=1S/C11H10FIN2O2/c1-6-7(2)17-10(14-6)5-15-4-8(12)3-9(13)11(15)16/h3-4H,5H2,1-2H3. The van der Waals surface area contributed by atoms with E-state index in [1.54, 1.807) is 29.5 Å². The number of aryl methyl sites for hydroxylation is 2. The zero-order valence-corrected chi connectivity index (χ0v) is 11.5. The predicted octanol–water partition coefficient (Wildman–Crippen LogP) is 2.25. The van der Waals surface area contributed by atoms with Gasteiger partial charge in [0.25, 0.3) is 5.56 Å². The number of halogens is 2. The van der Waals surface area contributed by atoms with Gasteiger partial charge in [0, 0.05) is 6.20 Å². The van der Waals surface area contributed by atoms with Crippen molar-refractivity contribution >= 4 is 22.6 Å². The van der Waals surface area contributed by atoms with Gasteiger partial charge in [-0.25, -0.2) is 9.37 Å². The van der Waals surface area contributed by atoms with Crippen molar-refractivity contribution in [1.82, 2.24) is 9.55 Å². The van der Waals surface area contributed by atoms with Crippen molar-refractivity contribution in [3.8, 4) is 0 Å². The van der Waals surface area contributed by atoms with Crippen molar-refractivity contribution in [2.24, 2.45) is 0 Å². The minimum absolute atomic E-state index is 0.140. The van der Waals surface area contributed by atoms with E-state index in [0.717, 1.165) is 11.9 Å². The molecule has 0 aliphatic heterocycles. The Kier molecular flexibility index (Phi) is 3.32. The van der Waals surface area contributed by atoms with Crippen molar-refractivity contribution in [1.29, 1.82) is 0 Å². The van der Waals surface area contributed by atoms with Crippen LogP contribution in [-0.2, 0) is 6.54 Å². The fraction of sp³-hybridized carbons (Fsp3) is 0.273. The van der Waals surface area contributed by atoms with Crippen molar-refractivity contribution in [2.45, 2.75) is 20.4 Å². The van der Waals surface area contributed by atoms with E-state index in [1.165, 1.54) is 10.6 Å². The highest BCUT2D eigenvalue weighted by Crippen LogP contribution is 2.10. The molecule has 0 atom stereocenters. The predicted molar refractivity (Wildman–Crippen MR) is 68.5 cm³/mol. The molecule has 0 N–H and O–H groups in total. The van der Waals surface area contributed by atoms with Crippen LogP contribution in [0.2, 0.25) is 0 Å². The summed E-state index contributed by atoms with van der Waals surface area (Å²) < 4.78 is 20.1. The molecular formula is C11H10FIN2O2. The second-order valence-corrected chi connectivity index (χ2v) is 4.85. The molecule has 2 heterocycles. The van der Waals surface area contributed by atoms with Crippen LogP contribution < -0.4 is 5.56 Å². The maximum absolute atomic E-state index is 13.2. The van der Waals surface area contributed by atoms with Gasteiger partial charge in [0.1, 0.15) is 18.1 Å². The number of rotatable bonds is 2. The number of oxazole rings is 1. The van der Waals surface area contributed by atoms with Crippen LogP contribution in [0.1, 0.15) is 17.3 Å². The minimum Gasteiger partial charge on any atom is -0.444 e. The topological polar surface area (TPSA) is 48.0 Å². The maximum Gasteiger partial charge on any atom is 0.264 e. The highest BCUT2D eigenvalue weighted by molar-refractivity contribution is 14.1. The van der Waals surface area contributed by atoms with Crippen molar-refractivity contribution in [3.63, 3.8) is 0 Å². The van der Waals surface area contributed by atoms with Crippen LogP contribution in [0.5, 0.6) is 0 Å². The average molecular weight is 348 g/mol. The van der Waals surface area contributed by atoms with E-state index in [4.69, 9.17) is 4.42 Å². The molecule has 0 fully saturated rings. The second kappa shape index (κ2) is 4.59. The minimum atomic E-state index is -0.450. The van der Waals surface area contributed by atoms with Gasteiger partial charge in [-0.1, -0.05) is 0 Å². The molecule has 0 bridgehead atoms. The lowest BCUT2D eigenvalue weighted by molar-refractivity contribution is 0.450. The quantitative estimate of drug-likeness (QED) is 0.783. The normalized spacial score (nSPS) is 10.8. The highest BCUT2D eigenvalue weighted by atomic mass is 127. The van der Waals surface area contributed by atoms with Gasteiger partial charge >= 0.3 is 0 Å². The molecule has 0 radical (unpaired) electrons. The van der Waals surface area contributed by atoms with E-state index in [1.807, 2.05) is 6.92 Å². The smallest absolute Gasteiger partial charge is 0.264 e. The third-order valence-electron chi connectivity index (χ3n) is 2.39. The first-order valence-corrected chi connectivity index (χ1v) is 6.03. The first-order chi connectivity index (χ1) is 7.97. The number of pyridine rings is 1. The zero-order valence-electron chi connectivity index (χ0n) is 9.33. The summed E-state index contributed by atoms with van der Waals surface area (Å²) in [6.07, 6.45) is 1.15. The van der Waals surface area contributed by atoms with Crippen molar-refractivity contribution in [2.75, 3.05) is 0 Å². The Balaban J connectivity index is 2.39. The zero-order chi connectivity index (χ0) is 12.6. The molecule has 2 aromatic rings. The molecule has 2 aromatic heterocycles. The molecule has 4 nitrogen and oxygen atoms in total. The van der Waals surface area contributed by atoms with Crippen LogP contribution in [0.4, 0.5) is 4.39 Å². The van der Waals surface area contributed by atoms with Gasteiger partial charge in [-0.3, -0.25) is 4.79 Å². The summed E-state index contributed by atoms with van der Waals surface area (Å²) in [5.41, 5.74) is 0.527. The van der Waals surface area contributed by atoms with E-state index in [-0.39, 0.29) is 12.1 Å². The highest BCUT2D eigenvalue weighted by Gasteiger charge is 2.09. The van der Waals surface area contributed by atoms with E-state index >= 15 is 0 Å². The molecule has 0 aromatic carbocycles. The third kappa shape index (κ3) is 2.56. The van der Waals surface area contributed by atoms with E-state index in [0.29, 0.717) is 15.2 Å². The SMILES string of the molecule is Cc1nc(Cn2cc(F)cc(I)c2=O)oc1C. The Hall–Kier alpha value is -1.18. The third-order valence-corrected chi connectivity index (χ3v) is 3.16. The van der Waals surface area contributed by atoms with Crippen LogP contribution in [-0.4, -0.2) is 9.55 Å². The summed E-state index contributed by atoms with van der Waals surface area (Å²) in [6.45, 7) is 3.76. The molecule has 0 aliphatic rings. The fourth-order valence-corrected chi connectivity index (χ4v) is 2.04. The van der Waals surface area contributed by atoms with Gasteiger partial charge in [0.15, 0.2) is 0 Å². The van der Waals surface area contributed by atoms with Gasteiger partial charge in [-0.2, -0.15) is 0 Å². The second-order valence-electron chi connectivity index (χ2n) is 3.69. The number of aromatic nitrogens is 2. The molecule has 0 unspecified atom stereocenters. The van der Waals surface area contributed by atoms with Gasteiger partial charge in [-0.15, -0.1) is 0 Å². The molecule has 0 spiro atoms. The van der Waals surface area contributed by atoms with Crippen LogP contribution in [0.3, 0.4) is 0 Å². The largest absolute Gasteiger partial charge is 0.444 e. The Labute approximate surface area is 111 Å². The van der Waals surface area contributed by atoms with Gasteiger partial charge < -0.3 is 8.98 Å². The van der Waals surface area contributed by atoms with Gasteiger partial charge in [0.2, 0.25) is 5.89 Å². The summed E-state index contributed by atoms with van der Waals surface area (Å²) in [7, 11) is 0. The van der Waals surface area contributed by atoms with Crippen LogP contribution >= 0.6 is 22.6 Å². The van der Waals surface area contributed by atoms with Crippen LogP contribution in [0, 0.1) is 23.2 Å². The van der Waals surface area contributed by atoms with E-state index in [2.05, 4.69) is 4.98 Å². The number of hydrogen-bond donors (Lipinski definition) is 0. The molecule has 6 heteroatoms. The molecule has 2 rings (SSSR count). The molecule has 17 heavy (non-hydrogen) atoms. The molecule has 0 amide bonds. The first kappa shape index (κ1) is 12.3. The van der Waals surface area contributed by atoms with Gasteiger partial charge in [0.05, 0.1) is 9.26 Å². The van der Waals surface area contributed by atoms with E-state index in [9.17, 15) is 9.18 Å². The fourth-order valence-electron chi connectivity index (χ4n) is 1.43. The maximum atomic E-state index is 13.2. The molecule has 0 aliphatic carbocycles. The lowest BCUT2D eigenvalue weighted by Gasteiger charge is -2.03. The Bertz CT molecular complexity index is 599. The monoisotopic (exact) mass is 348 g/mol. The number of nitrogens with zero attached hydrogens (tertiary/aromatic N) is 2. The Morgan fingerprint density at radius 2 is 2.24 bits per heavy atom. The summed E-state index contributed by atoms with van der Waals surface area (Å²) >= 11 is 1.81. The lowest BCUT2D eigenvalue weighted by atomic mass is 10.4. The molecular weight excluding hydrogens is 338 g/mol. The summed E-state index contributed by atoms with van der Waals surface area (Å²) in [5, 5.41) is 0. The first-order valence-electron chi connectivity index (χ1n) is 4.96. The van der Waals surface area contributed by atoms with E-state index < -0.39 is 5.82 Å². The average Bonchev–Trinajstić information content (AvgIpc) is 2.54. The molecule has 90 valence electrons. The molecule has 0 saturated heterocycles.